The number of allylic oxidation sites excluding steroid dienone is 1. The Hall–Kier alpha value is -1.01. The molecule has 2 heterocycles. The predicted molar refractivity (Wildman–Crippen MR) is 93.9 cm³/mol. The molecular weight excluding hydrogens is 332 g/mol. The molecule has 5 heteroatoms. The van der Waals surface area contributed by atoms with Crippen LogP contribution in [-0.4, -0.2) is 40.8 Å². The molecule has 142 valence electrons. The largest absolute Gasteiger partial charge is 0.396 e. The van der Waals surface area contributed by atoms with E-state index in [2.05, 4.69) is 19.6 Å². The average Bonchev–Trinajstić information content (AvgIpc) is 2.96. The van der Waals surface area contributed by atoms with Gasteiger partial charge in [0.2, 0.25) is 0 Å². The zero-order chi connectivity index (χ0) is 18.5. The summed E-state index contributed by atoms with van der Waals surface area (Å²) in [5.74, 6) is -0.689. The molecule has 0 aromatic rings. The second kappa shape index (κ2) is 5.07. The first-order chi connectivity index (χ1) is 12.3. The Morgan fingerprint density at radius 1 is 1.38 bits per heavy atom. The maximum Gasteiger partial charge on any atom is 0.281 e. The van der Waals surface area contributed by atoms with Crippen molar-refractivity contribution >= 4 is 5.78 Å². The molecule has 1 unspecified atom stereocenters. The van der Waals surface area contributed by atoms with E-state index < -0.39 is 17.2 Å². The summed E-state index contributed by atoms with van der Waals surface area (Å²) in [7, 11) is 0. The van der Waals surface area contributed by atoms with Gasteiger partial charge in [0.1, 0.15) is 11.7 Å². The number of ether oxygens (including phenoxy) is 3. The van der Waals surface area contributed by atoms with Crippen LogP contribution in [-0.2, 0) is 19.0 Å². The molecule has 0 aromatic carbocycles. The van der Waals surface area contributed by atoms with Gasteiger partial charge in [0.05, 0.1) is 5.60 Å². The lowest BCUT2D eigenvalue weighted by Crippen LogP contribution is -2.68. The summed E-state index contributed by atoms with van der Waals surface area (Å²) in [6.45, 7) is 10.4. The van der Waals surface area contributed by atoms with Crippen molar-refractivity contribution < 1.29 is 24.1 Å². The standard InChI is InChI=1S/C21H28O5/c1-11(2)20-9-12(3)21-15-5-6-17(23)14(15)7-13(10-22)8-16(21)18(20)24-19(4,25-20)26-21/h5-6,12-16,18,22H,1,7-10H2,2-4H3/t12-,13+,14-,15+,16+,18-,19?,20-,21+/m1/s1. The third-order valence-corrected chi connectivity index (χ3v) is 7.80. The van der Waals surface area contributed by atoms with Crippen LogP contribution in [0.2, 0.25) is 0 Å². The van der Waals surface area contributed by atoms with Crippen LogP contribution in [0, 0.1) is 29.6 Å². The average molecular weight is 360 g/mol. The van der Waals surface area contributed by atoms with Gasteiger partial charge in [-0.05, 0) is 49.7 Å². The van der Waals surface area contributed by atoms with Crippen LogP contribution in [0.4, 0.5) is 0 Å². The number of hydrogen-bond acceptors (Lipinski definition) is 5. The monoisotopic (exact) mass is 360 g/mol. The van der Waals surface area contributed by atoms with Crippen LogP contribution in [0.1, 0.15) is 40.0 Å². The van der Waals surface area contributed by atoms with Gasteiger partial charge < -0.3 is 19.3 Å². The van der Waals surface area contributed by atoms with E-state index in [0.29, 0.717) is 6.42 Å². The SMILES string of the molecule is C=C(C)[C@]12C[C@@H](C)[C@@]34OC(C)(O[C@@H]1[C@@H]3C[C@@H](CO)C[C@H]1C(=O)C=C[C@@H]14)O2. The molecule has 0 amide bonds. The zero-order valence-corrected chi connectivity index (χ0v) is 15.7. The number of aliphatic hydroxyl groups excluding tert-OH is 1. The van der Waals surface area contributed by atoms with E-state index in [4.69, 9.17) is 14.2 Å². The predicted octanol–water partition coefficient (Wildman–Crippen LogP) is 2.59. The highest BCUT2D eigenvalue weighted by molar-refractivity contribution is 5.94. The van der Waals surface area contributed by atoms with Gasteiger partial charge in [-0.2, -0.15) is 0 Å². The van der Waals surface area contributed by atoms with E-state index in [1.165, 1.54) is 0 Å². The fourth-order valence-electron chi connectivity index (χ4n) is 6.84. The van der Waals surface area contributed by atoms with Crippen LogP contribution in [0.5, 0.6) is 0 Å². The molecule has 2 saturated carbocycles. The van der Waals surface area contributed by atoms with Gasteiger partial charge in [-0.3, -0.25) is 4.79 Å². The van der Waals surface area contributed by atoms with Crippen LogP contribution in [0.25, 0.3) is 0 Å². The molecule has 2 saturated heterocycles. The highest BCUT2D eigenvalue weighted by Gasteiger charge is 2.76. The van der Waals surface area contributed by atoms with Crippen molar-refractivity contribution in [3.8, 4) is 0 Å². The number of aliphatic hydroxyl groups is 1. The van der Waals surface area contributed by atoms with Crippen molar-refractivity contribution in [3.63, 3.8) is 0 Å². The van der Waals surface area contributed by atoms with Gasteiger partial charge in [0, 0.05) is 31.3 Å². The van der Waals surface area contributed by atoms with Gasteiger partial charge in [0.15, 0.2) is 5.78 Å². The maximum absolute atomic E-state index is 12.6. The molecule has 3 aliphatic carbocycles. The maximum atomic E-state index is 12.6. The highest BCUT2D eigenvalue weighted by Crippen LogP contribution is 2.67. The van der Waals surface area contributed by atoms with E-state index in [0.717, 1.165) is 18.4 Å². The van der Waals surface area contributed by atoms with E-state index in [1.807, 2.05) is 13.8 Å². The van der Waals surface area contributed by atoms with Crippen molar-refractivity contribution in [1.29, 1.82) is 0 Å². The van der Waals surface area contributed by atoms with Crippen LogP contribution in [0.3, 0.4) is 0 Å². The topological polar surface area (TPSA) is 65.0 Å². The minimum absolute atomic E-state index is 0.0158. The van der Waals surface area contributed by atoms with E-state index >= 15 is 0 Å². The zero-order valence-electron chi connectivity index (χ0n) is 15.7. The molecular formula is C21H28O5. The second-order valence-electron chi connectivity index (χ2n) is 9.25. The van der Waals surface area contributed by atoms with Gasteiger partial charge in [-0.25, -0.2) is 0 Å². The minimum Gasteiger partial charge on any atom is -0.396 e. The number of fused-ring (bicyclic) bond motifs is 2. The second-order valence-corrected chi connectivity index (χ2v) is 9.25. The first-order valence-electron chi connectivity index (χ1n) is 9.83. The normalized spacial score (nSPS) is 57.0. The Morgan fingerprint density at radius 3 is 2.85 bits per heavy atom. The summed E-state index contributed by atoms with van der Waals surface area (Å²) in [5.41, 5.74) is -0.0772. The van der Waals surface area contributed by atoms with Crippen molar-refractivity contribution in [3.05, 3.63) is 24.3 Å². The first-order valence-corrected chi connectivity index (χ1v) is 9.83. The number of rotatable bonds is 2. The fourth-order valence-corrected chi connectivity index (χ4v) is 6.84. The Labute approximate surface area is 154 Å². The van der Waals surface area contributed by atoms with Gasteiger partial charge >= 0.3 is 0 Å². The van der Waals surface area contributed by atoms with Crippen molar-refractivity contribution in [1.82, 2.24) is 0 Å². The third kappa shape index (κ3) is 1.83. The lowest BCUT2D eigenvalue weighted by molar-refractivity contribution is -0.415. The van der Waals surface area contributed by atoms with Crippen LogP contribution >= 0.6 is 0 Å². The summed E-state index contributed by atoms with van der Waals surface area (Å²) < 4.78 is 19.5. The molecule has 26 heavy (non-hydrogen) atoms. The summed E-state index contributed by atoms with van der Waals surface area (Å²) >= 11 is 0. The summed E-state index contributed by atoms with van der Waals surface area (Å²) in [4.78, 5) is 12.6. The van der Waals surface area contributed by atoms with Crippen LogP contribution in [0.15, 0.2) is 24.3 Å². The van der Waals surface area contributed by atoms with E-state index in [9.17, 15) is 9.90 Å². The molecule has 0 spiro atoms. The van der Waals surface area contributed by atoms with Crippen molar-refractivity contribution in [2.45, 2.75) is 63.3 Å². The van der Waals surface area contributed by atoms with E-state index in [-0.39, 0.29) is 48.1 Å². The van der Waals surface area contributed by atoms with E-state index in [1.54, 1.807) is 6.08 Å². The van der Waals surface area contributed by atoms with Gasteiger partial charge in [0.25, 0.3) is 5.97 Å². The Bertz CT molecular complexity index is 715. The number of ketones is 1. The van der Waals surface area contributed by atoms with Gasteiger partial charge in [-0.15, -0.1) is 0 Å². The van der Waals surface area contributed by atoms with Crippen LogP contribution < -0.4 is 0 Å². The summed E-state index contributed by atoms with van der Waals surface area (Å²) in [5, 5.41) is 9.98. The Balaban J connectivity index is 1.71. The summed E-state index contributed by atoms with van der Waals surface area (Å²) in [6.07, 6.45) is 5.91. The highest BCUT2D eigenvalue weighted by atomic mass is 16.9. The smallest absolute Gasteiger partial charge is 0.281 e. The van der Waals surface area contributed by atoms with Gasteiger partial charge in [-0.1, -0.05) is 19.6 Å². The molecule has 4 fully saturated rings. The quantitative estimate of drug-likeness (QED) is 0.767. The number of hydrogen-bond donors (Lipinski definition) is 1. The molecule has 1 N–H and O–H groups in total. The lowest BCUT2D eigenvalue weighted by atomic mass is 9.55. The molecule has 5 aliphatic rings. The molecule has 9 atom stereocenters. The molecule has 5 nitrogen and oxygen atoms in total. The Morgan fingerprint density at radius 2 is 2.15 bits per heavy atom. The number of carbonyl (C=O) groups is 1. The minimum atomic E-state index is -1.10. The molecule has 2 aliphatic heterocycles. The number of carbonyl (C=O) groups excluding carboxylic acids is 1. The lowest BCUT2D eigenvalue weighted by Gasteiger charge is -2.59. The van der Waals surface area contributed by atoms with Crippen molar-refractivity contribution in [2.24, 2.45) is 29.6 Å². The first kappa shape index (κ1) is 17.1. The molecule has 0 aromatic heterocycles. The molecule has 3 bridgehead atoms. The Kier molecular flexibility index (Phi) is 3.34. The molecule has 5 rings (SSSR count). The van der Waals surface area contributed by atoms with Crippen molar-refractivity contribution in [2.75, 3.05) is 6.61 Å². The third-order valence-electron chi connectivity index (χ3n) is 7.80. The fraction of sp³-hybridized carbons (Fsp3) is 0.762. The summed E-state index contributed by atoms with van der Waals surface area (Å²) in [6, 6.07) is 0. The molecule has 0 radical (unpaired) electrons.